The predicted octanol–water partition coefficient (Wildman–Crippen LogP) is 4.90. The molecule has 35 heavy (non-hydrogen) atoms. The molecular weight excluding hydrogens is 452 g/mol. The second-order valence-corrected chi connectivity index (χ2v) is 9.49. The molecule has 2 saturated carbocycles. The number of benzene rings is 2. The molecule has 180 valence electrons. The first-order valence-electron chi connectivity index (χ1n) is 11.8. The maximum absolute atomic E-state index is 13.4. The van der Waals surface area contributed by atoms with Crippen LogP contribution in [-0.2, 0) is 7.05 Å². The number of carbonyl (C=O) groups is 1. The molecule has 0 spiro atoms. The SMILES string of the molecule is Cn1nc(-c2ccc(C(=O)NC3CCC(F)(F)C3)cc2)nc1Nc1ccc2[nH]ncc2c1C1CC1. The Balaban J connectivity index is 1.19. The van der Waals surface area contributed by atoms with E-state index in [1.807, 2.05) is 25.4 Å². The lowest BCUT2D eigenvalue weighted by Crippen LogP contribution is -2.33. The van der Waals surface area contributed by atoms with Crippen molar-refractivity contribution in [3.05, 3.63) is 53.7 Å². The zero-order chi connectivity index (χ0) is 24.2. The molecule has 8 nitrogen and oxygen atoms in total. The minimum absolute atomic E-state index is 0.184. The standard InChI is InChI=1S/C25H25F2N7O/c1-34-24(30-20-9-8-19-18(13-28-32-19)21(20)14-2-3-14)31-22(33-34)15-4-6-16(7-5-15)23(35)29-17-10-11-25(26,27)12-17/h4-9,13-14,17H,2-3,10-12H2,1H3,(H,28,32)(H,29,35)(H,30,31,33). The smallest absolute Gasteiger partial charge is 0.251 e. The van der Waals surface area contributed by atoms with E-state index in [4.69, 9.17) is 0 Å². The van der Waals surface area contributed by atoms with Gasteiger partial charge in [0.05, 0.1) is 11.7 Å². The normalized spacial score (nSPS) is 19.2. The zero-order valence-corrected chi connectivity index (χ0v) is 19.2. The van der Waals surface area contributed by atoms with Crippen LogP contribution in [0.4, 0.5) is 20.4 Å². The van der Waals surface area contributed by atoms with Crippen molar-refractivity contribution in [2.75, 3.05) is 5.32 Å². The second kappa shape index (κ2) is 8.14. The summed E-state index contributed by atoms with van der Waals surface area (Å²) in [4.78, 5) is 17.1. The fourth-order valence-electron chi connectivity index (χ4n) is 4.81. The monoisotopic (exact) mass is 477 g/mol. The summed E-state index contributed by atoms with van der Waals surface area (Å²) in [5, 5.41) is 19.0. The molecule has 2 fully saturated rings. The largest absolute Gasteiger partial charge is 0.349 e. The number of hydrogen-bond donors (Lipinski definition) is 3. The number of carbonyl (C=O) groups excluding carboxylic acids is 1. The number of rotatable bonds is 6. The second-order valence-electron chi connectivity index (χ2n) is 9.49. The summed E-state index contributed by atoms with van der Waals surface area (Å²) in [6.07, 6.45) is 3.99. The molecule has 1 unspecified atom stereocenters. The Bertz CT molecular complexity index is 1410. The van der Waals surface area contributed by atoms with Gasteiger partial charge in [-0.15, -0.1) is 5.10 Å². The van der Waals surface area contributed by atoms with Crippen molar-refractivity contribution < 1.29 is 13.6 Å². The van der Waals surface area contributed by atoms with Gasteiger partial charge in [-0.1, -0.05) is 12.1 Å². The van der Waals surface area contributed by atoms with E-state index < -0.39 is 12.0 Å². The third-order valence-corrected chi connectivity index (χ3v) is 6.81. The average molecular weight is 478 g/mol. The topological polar surface area (TPSA) is 101 Å². The molecule has 10 heteroatoms. The van der Waals surface area contributed by atoms with Crippen molar-refractivity contribution >= 4 is 28.4 Å². The lowest BCUT2D eigenvalue weighted by atomic mass is 10.0. The summed E-state index contributed by atoms with van der Waals surface area (Å²) in [6, 6.07) is 10.4. The first kappa shape index (κ1) is 21.7. The highest BCUT2D eigenvalue weighted by Gasteiger charge is 2.40. The van der Waals surface area contributed by atoms with Crippen LogP contribution in [0.5, 0.6) is 0 Å². The summed E-state index contributed by atoms with van der Waals surface area (Å²) >= 11 is 0. The van der Waals surface area contributed by atoms with Crippen LogP contribution in [0.15, 0.2) is 42.6 Å². The Morgan fingerprint density at radius 1 is 1.14 bits per heavy atom. The Hall–Kier alpha value is -3.82. The number of anilines is 2. The van der Waals surface area contributed by atoms with Crippen LogP contribution in [0.25, 0.3) is 22.3 Å². The number of amides is 1. The van der Waals surface area contributed by atoms with Gasteiger partial charge >= 0.3 is 0 Å². The summed E-state index contributed by atoms with van der Waals surface area (Å²) in [7, 11) is 1.82. The number of aryl methyl sites for hydroxylation is 1. The molecule has 0 bridgehead atoms. The van der Waals surface area contributed by atoms with E-state index in [0.29, 0.717) is 29.7 Å². The number of nitrogens with zero attached hydrogens (tertiary/aromatic N) is 4. The molecule has 4 aromatic rings. The number of hydrogen-bond acceptors (Lipinski definition) is 5. The molecule has 1 atom stereocenters. The number of fused-ring (bicyclic) bond motifs is 1. The summed E-state index contributed by atoms with van der Waals surface area (Å²) in [6.45, 7) is 0. The maximum Gasteiger partial charge on any atom is 0.251 e. The van der Waals surface area contributed by atoms with Gasteiger partial charge in [0, 0.05) is 48.1 Å². The summed E-state index contributed by atoms with van der Waals surface area (Å²) < 4.78 is 28.5. The fraction of sp³-hybridized carbons (Fsp3) is 0.360. The van der Waals surface area contributed by atoms with Crippen LogP contribution >= 0.6 is 0 Å². The van der Waals surface area contributed by atoms with Gasteiger partial charge in [0.1, 0.15) is 0 Å². The van der Waals surface area contributed by atoms with Crippen molar-refractivity contribution in [1.29, 1.82) is 0 Å². The Labute approximate surface area is 200 Å². The Morgan fingerprint density at radius 3 is 2.66 bits per heavy atom. The average Bonchev–Trinajstić information content (AvgIpc) is 3.28. The molecule has 2 aliphatic carbocycles. The lowest BCUT2D eigenvalue weighted by molar-refractivity contribution is 0.00711. The highest BCUT2D eigenvalue weighted by Crippen LogP contribution is 2.47. The van der Waals surface area contributed by atoms with Gasteiger partial charge < -0.3 is 10.6 Å². The zero-order valence-electron chi connectivity index (χ0n) is 19.2. The third-order valence-electron chi connectivity index (χ3n) is 6.81. The van der Waals surface area contributed by atoms with Crippen LogP contribution in [0.3, 0.4) is 0 Å². The van der Waals surface area contributed by atoms with E-state index in [9.17, 15) is 13.6 Å². The number of H-pyrrole nitrogens is 1. The van der Waals surface area contributed by atoms with Crippen LogP contribution in [0.1, 0.15) is 53.9 Å². The minimum Gasteiger partial charge on any atom is -0.349 e. The van der Waals surface area contributed by atoms with Crippen molar-refractivity contribution in [1.82, 2.24) is 30.3 Å². The van der Waals surface area contributed by atoms with Gasteiger partial charge in [-0.05, 0) is 55.0 Å². The predicted molar refractivity (Wildman–Crippen MR) is 128 cm³/mol. The number of halogens is 2. The molecule has 6 rings (SSSR count). The number of nitrogens with one attached hydrogen (secondary N) is 3. The van der Waals surface area contributed by atoms with E-state index in [-0.39, 0.29) is 18.7 Å². The van der Waals surface area contributed by atoms with Gasteiger partial charge in [0.2, 0.25) is 11.9 Å². The van der Waals surface area contributed by atoms with E-state index in [2.05, 4.69) is 30.9 Å². The van der Waals surface area contributed by atoms with Crippen molar-refractivity contribution in [2.24, 2.45) is 7.05 Å². The number of alkyl halides is 2. The van der Waals surface area contributed by atoms with Crippen molar-refractivity contribution in [3.63, 3.8) is 0 Å². The lowest BCUT2D eigenvalue weighted by Gasteiger charge is -2.13. The molecule has 0 aliphatic heterocycles. The molecule has 0 radical (unpaired) electrons. The highest BCUT2D eigenvalue weighted by molar-refractivity contribution is 5.95. The Kier molecular flexibility index (Phi) is 5.05. The molecule has 2 aliphatic rings. The van der Waals surface area contributed by atoms with E-state index in [1.54, 1.807) is 28.9 Å². The number of aromatic amines is 1. The summed E-state index contributed by atoms with van der Waals surface area (Å²) in [5.41, 5.74) is 4.43. The van der Waals surface area contributed by atoms with Crippen LogP contribution in [0.2, 0.25) is 0 Å². The van der Waals surface area contributed by atoms with E-state index in [0.717, 1.165) is 35.0 Å². The molecule has 2 aromatic carbocycles. The van der Waals surface area contributed by atoms with Gasteiger partial charge in [0.15, 0.2) is 5.82 Å². The van der Waals surface area contributed by atoms with E-state index >= 15 is 0 Å². The van der Waals surface area contributed by atoms with Crippen molar-refractivity contribution in [3.8, 4) is 11.4 Å². The highest BCUT2D eigenvalue weighted by atomic mass is 19.3. The molecular formula is C25H25F2N7O. The quantitative estimate of drug-likeness (QED) is 0.367. The van der Waals surface area contributed by atoms with Crippen LogP contribution in [-0.4, -0.2) is 42.8 Å². The van der Waals surface area contributed by atoms with Crippen LogP contribution < -0.4 is 10.6 Å². The van der Waals surface area contributed by atoms with Gasteiger partial charge in [0.25, 0.3) is 5.91 Å². The van der Waals surface area contributed by atoms with Crippen molar-refractivity contribution in [2.45, 2.75) is 50.0 Å². The molecule has 2 aromatic heterocycles. The number of aromatic nitrogens is 5. The summed E-state index contributed by atoms with van der Waals surface area (Å²) in [5.74, 6) is -1.40. The molecule has 0 saturated heterocycles. The first-order valence-corrected chi connectivity index (χ1v) is 11.8. The van der Waals surface area contributed by atoms with Gasteiger partial charge in [-0.3, -0.25) is 9.89 Å². The van der Waals surface area contributed by atoms with E-state index in [1.165, 1.54) is 5.56 Å². The molecule has 3 N–H and O–H groups in total. The fourth-order valence-corrected chi connectivity index (χ4v) is 4.81. The molecule has 1 amide bonds. The first-order chi connectivity index (χ1) is 16.9. The van der Waals surface area contributed by atoms with Crippen LogP contribution in [0, 0.1) is 0 Å². The van der Waals surface area contributed by atoms with Gasteiger partial charge in [-0.2, -0.15) is 10.1 Å². The van der Waals surface area contributed by atoms with Gasteiger partial charge in [-0.25, -0.2) is 13.5 Å². The third kappa shape index (κ3) is 4.24. The Morgan fingerprint density at radius 2 is 1.94 bits per heavy atom. The molecule has 2 heterocycles. The minimum atomic E-state index is -2.69. The maximum atomic E-state index is 13.4.